The highest BCUT2D eigenvalue weighted by atomic mass is 35.5. The van der Waals surface area contributed by atoms with E-state index in [1.165, 1.54) is 21.7 Å². The predicted molar refractivity (Wildman–Crippen MR) is 127 cm³/mol. The van der Waals surface area contributed by atoms with Crippen molar-refractivity contribution in [1.82, 2.24) is 20.0 Å². The van der Waals surface area contributed by atoms with Crippen LogP contribution in [-0.2, 0) is 17.5 Å². The molecule has 34 heavy (non-hydrogen) atoms. The Kier molecular flexibility index (Phi) is 7.01. The van der Waals surface area contributed by atoms with Gasteiger partial charge in [-0.25, -0.2) is 0 Å². The van der Waals surface area contributed by atoms with Crippen molar-refractivity contribution in [2.45, 2.75) is 19.6 Å². The molecule has 0 atom stereocenters. The second-order valence-electron chi connectivity index (χ2n) is 7.61. The van der Waals surface area contributed by atoms with Gasteiger partial charge in [0.2, 0.25) is 0 Å². The molecule has 3 aromatic rings. The standard InChI is InChI=1S/C23H20ClF3N4O2S/c1-2-28-7-8-30-21(32)20(34-22(30)33)10-14-3-6-19-16(9-14)12-29-31(19)13-15-4-5-17(24)11-18(15)23(25,26)27/h3-6,9-12,28H,2,7-8,13H2,1H3/b20-10-. The Labute approximate surface area is 202 Å². The number of hydrogen-bond donors (Lipinski definition) is 1. The second-order valence-corrected chi connectivity index (χ2v) is 9.04. The van der Waals surface area contributed by atoms with E-state index in [0.29, 0.717) is 34.5 Å². The molecule has 178 valence electrons. The van der Waals surface area contributed by atoms with Crippen LogP contribution in [-0.4, -0.2) is 45.5 Å². The van der Waals surface area contributed by atoms with E-state index in [4.69, 9.17) is 11.6 Å². The fourth-order valence-electron chi connectivity index (χ4n) is 3.64. The van der Waals surface area contributed by atoms with Crippen LogP contribution in [0.25, 0.3) is 17.0 Å². The lowest BCUT2D eigenvalue weighted by molar-refractivity contribution is -0.138. The Morgan fingerprint density at radius 2 is 1.97 bits per heavy atom. The maximum absolute atomic E-state index is 13.4. The number of carbonyl (C=O) groups excluding carboxylic acids is 2. The van der Waals surface area contributed by atoms with Gasteiger partial charge in [0.25, 0.3) is 11.1 Å². The van der Waals surface area contributed by atoms with Crippen molar-refractivity contribution in [3.8, 4) is 0 Å². The van der Waals surface area contributed by atoms with Gasteiger partial charge in [0.05, 0.1) is 28.7 Å². The number of carbonyl (C=O) groups is 2. The van der Waals surface area contributed by atoms with Crippen molar-refractivity contribution in [3.63, 3.8) is 0 Å². The van der Waals surface area contributed by atoms with Gasteiger partial charge in [0.15, 0.2) is 0 Å². The molecule has 1 aliphatic heterocycles. The highest BCUT2D eigenvalue weighted by molar-refractivity contribution is 8.18. The molecule has 6 nitrogen and oxygen atoms in total. The molecule has 4 rings (SSSR count). The summed E-state index contributed by atoms with van der Waals surface area (Å²) in [5, 5.41) is 7.72. The molecule has 0 saturated carbocycles. The number of imide groups is 1. The van der Waals surface area contributed by atoms with Crippen molar-refractivity contribution in [1.29, 1.82) is 0 Å². The van der Waals surface area contributed by atoms with Gasteiger partial charge < -0.3 is 5.32 Å². The molecule has 0 radical (unpaired) electrons. The molecular weight excluding hydrogens is 489 g/mol. The van der Waals surface area contributed by atoms with E-state index in [2.05, 4.69) is 10.4 Å². The van der Waals surface area contributed by atoms with Gasteiger partial charge in [0.1, 0.15) is 0 Å². The number of alkyl halides is 3. The average molecular weight is 509 g/mol. The Balaban J connectivity index is 1.57. The maximum atomic E-state index is 13.4. The molecule has 1 N–H and O–H groups in total. The van der Waals surface area contributed by atoms with Crippen molar-refractivity contribution < 1.29 is 22.8 Å². The van der Waals surface area contributed by atoms with Crippen LogP contribution in [0.5, 0.6) is 0 Å². The Morgan fingerprint density at radius 3 is 2.71 bits per heavy atom. The van der Waals surface area contributed by atoms with E-state index in [0.717, 1.165) is 24.4 Å². The minimum absolute atomic E-state index is 0.0112. The van der Waals surface area contributed by atoms with Gasteiger partial charge >= 0.3 is 6.18 Å². The van der Waals surface area contributed by atoms with Crippen LogP contribution >= 0.6 is 23.4 Å². The number of fused-ring (bicyclic) bond motifs is 1. The molecule has 1 saturated heterocycles. The summed E-state index contributed by atoms with van der Waals surface area (Å²) < 4.78 is 41.8. The summed E-state index contributed by atoms with van der Waals surface area (Å²) in [6, 6.07) is 8.91. The summed E-state index contributed by atoms with van der Waals surface area (Å²) in [5.41, 5.74) is 0.577. The summed E-state index contributed by atoms with van der Waals surface area (Å²) in [6.45, 7) is 3.43. The number of hydrogen-bond acceptors (Lipinski definition) is 5. The molecule has 0 spiro atoms. The lowest BCUT2D eigenvalue weighted by Crippen LogP contribution is -2.35. The zero-order valence-corrected chi connectivity index (χ0v) is 19.6. The van der Waals surface area contributed by atoms with Gasteiger partial charge in [-0.05, 0) is 59.8 Å². The van der Waals surface area contributed by atoms with Crippen LogP contribution in [0.15, 0.2) is 47.5 Å². The van der Waals surface area contributed by atoms with Gasteiger partial charge in [-0.2, -0.15) is 18.3 Å². The molecular formula is C23H20ClF3N4O2S. The normalized spacial score (nSPS) is 15.8. The number of amides is 2. The van der Waals surface area contributed by atoms with E-state index < -0.39 is 11.7 Å². The summed E-state index contributed by atoms with van der Waals surface area (Å²) in [6.07, 6.45) is -1.35. The van der Waals surface area contributed by atoms with E-state index in [9.17, 15) is 22.8 Å². The zero-order valence-electron chi connectivity index (χ0n) is 18.0. The first-order chi connectivity index (χ1) is 16.2. The largest absolute Gasteiger partial charge is 0.416 e. The van der Waals surface area contributed by atoms with Crippen LogP contribution in [0.2, 0.25) is 5.02 Å². The van der Waals surface area contributed by atoms with Crippen LogP contribution in [0.4, 0.5) is 18.0 Å². The molecule has 2 aromatic carbocycles. The quantitative estimate of drug-likeness (QED) is 0.342. The van der Waals surface area contributed by atoms with E-state index in [1.807, 2.05) is 6.92 Å². The van der Waals surface area contributed by atoms with Crippen LogP contribution in [0, 0.1) is 0 Å². The fourth-order valence-corrected chi connectivity index (χ4v) is 4.68. The van der Waals surface area contributed by atoms with E-state index in [-0.39, 0.29) is 28.3 Å². The average Bonchev–Trinajstić information content (AvgIpc) is 3.29. The van der Waals surface area contributed by atoms with Crippen molar-refractivity contribution in [2.24, 2.45) is 0 Å². The molecule has 0 aliphatic carbocycles. The molecule has 2 heterocycles. The Hall–Kier alpha value is -2.82. The first-order valence-corrected chi connectivity index (χ1v) is 11.6. The number of likely N-dealkylation sites (N-methyl/N-ethyl adjacent to an activating group) is 1. The number of aromatic nitrogens is 2. The summed E-state index contributed by atoms with van der Waals surface area (Å²) in [4.78, 5) is 26.3. The third kappa shape index (κ3) is 5.13. The predicted octanol–water partition coefficient (Wildman–Crippen LogP) is 5.40. The molecule has 1 aliphatic rings. The van der Waals surface area contributed by atoms with Crippen LogP contribution in [0.3, 0.4) is 0 Å². The zero-order chi connectivity index (χ0) is 24.5. The number of benzene rings is 2. The summed E-state index contributed by atoms with van der Waals surface area (Å²) in [7, 11) is 0. The summed E-state index contributed by atoms with van der Waals surface area (Å²) in [5.74, 6) is -0.342. The van der Waals surface area contributed by atoms with Crippen molar-refractivity contribution >= 4 is 51.5 Å². The van der Waals surface area contributed by atoms with E-state index in [1.54, 1.807) is 30.5 Å². The van der Waals surface area contributed by atoms with Crippen LogP contribution < -0.4 is 5.32 Å². The summed E-state index contributed by atoms with van der Waals surface area (Å²) >= 11 is 6.65. The van der Waals surface area contributed by atoms with Gasteiger partial charge in [0, 0.05) is 23.5 Å². The maximum Gasteiger partial charge on any atom is 0.416 e. The Morgan fingerprint density at radius 1 is 1.18 bits per heavy atom. The third-order valence-corrected chi connectivity index (χ3v) is 6.44. The fraction of sp³-hybridized carbons (Fsp3) is 0.261. The topological polar surface area (TPSA) is 67.2 Å². The van der Waals surface area contributed by atoms with Gasteiger partial charge in [-0.15, -0.1) is 0 Å². The molecule has 11 heteroatoms. The second kappa shape index (κ2) is 9.81. The van der Waals surface area contributed by atoms with E-state index >= 15 is 0 Å². The minimum Gasteiger partial charge on any atom is -0.315 e. The molecule has 1 fully saturated rings. The lowest BCUT2D eigenvalue weighted by Gasteiger charge is -2.14. The third-order valence-electron chi connectivity index (χ3n) is 5.30. The first-order valence-electron chi connectivity index (χ1n) is 10.4. The smallest absolute Gasteiger partial charge is 0.315 e. The number of halogens is 4. The molecule has 2 amide bonds. The Bertz CT molecular complexity index is 1290. The molecule has 0 unspecified atom stereocenters. The number of nitrogens with one attached hydrogen (secondary N) is 1. The van der Waals surface area contributed by atoms with Gasteiger partial charge in [-0.1, -0.05) is 30.7 Å². The van der Waals surface area contributed by atoms with Crippen molar-refractivity contribution in [3.05, 3.63) is 69.2 Å². The SMILES string of the molecule is CCNCCN1C(=O)S/C(=C\c2ccc3c(cnn3Cc3ccc(Cl)cc3C(F)(F)F)c2)C1=O. The highest BCUT2D eigenvalue weighted by Gasteiger charge is 2.35. The monoisotopic (exact) mass is 508 g/mol. The molecule has 1 aromatic heterocycles. The number of thioether (sulfide) groups is 1. The highest BCUT2D eigenvalue weighted by Crippen LogP contribution is 2.35. The first kappa shape index (κ1) is 24.3. The number of nitrogens with zero attached hydrogens (tertiary/aromatic N) is 3. The number of rotatable bonds is 7. The minimum atomic E-state index is -4.54. The molecule has 0 bridgehead atoms. The van der Waals surface area contributed by atoms with Crippen LogP contribution in [0.1, 0.15) is 23.6 Å². The van der Waals surface area contributed by atoms with Crippen molar-refractivity contribution in [2.75, 3.05) is 19.6 Å². The lowest BCUT2D eigenvalue weighted by atomic mass is 10.1. The van der Waals surface area contributed by atoms with Gasteiger partial charge in [-0.3, -0.25) is 19.2 Å².